The standard InChI is InChI=1S/C21H29N3O3S/c25-20(24-21-10-15-7-16(11-21)9-17(8-15)12-21)23-18-3-5-19(6-4-18)28(26,27)22-13-14-1-2-14/h3-6,14-17,22H,1-2,7-13H2,(H2,23,24,25). The molecule has 0 unspecified atom stereocenters. The number of hydrogen-bond donors (Lipinski definition) is 3. The molecule has 5 aliphatic carbocycles. The molecule has 0 atom stereocenters. The second-order valence-corrected chi connectivity index (χ2v) is 11.4. The zero-order valence-electron chi connectivity index (χ0n) is 16.1. The average Bonchev–Trinajstić information content (AvgIpc) is 3.43. The summed E-state index contributed by atoms with van der Waals surface area (Å²) in [5.74, 6) is 2.82. The molecule has 1 aromatic rings. The SMILES string of the molecule is O=C(Nc1ccc(S(=O)(=O)NCC2CC2)cc1)NC12CC3CC(CC(C3)C1)C2. The summed E-state index contributed by atoms with van der Waals surface area (Å²) in [6.45, 7) is 0.510. The minimum absolute atomic E-state index is 0.0329. The molecule has 5 aliphatic rings. The van der Waals surface area contributed by atoms with E-state index in [0.29, 0.717) is 18.2 Å². The summed E-state index contributed by atoms with van der Waals surface area (Å²) in [5, 5.41) is 6.17. The Bertz CT molecular complexity index is 826. The van der Waals surface area contributed by atoms with Gasteiger partial charge in [0.05, 0.1) is 4.90 Å². The number of carbonyl (C=O) groups is 1. The Morgan fingerprint density at radius 1 is 0.964 bits per heavy atom. The topological polar surface area (TPSA) is 87.3 Å². The van der Waals surface area contributed by atoms with Gasteiger partial charge in [0.2, 0.25) is 10.0 Å². The number of benzene rings is 1. The Labute approximate surface area is 166 Å². The van der Waals surface area contributed by atoms with E-state index in [-0.39, 0.29) is 16.5 Å². The Balaban J connectivity index is 1.20. The fourth-order valence-electron chi connectivity index (χ4n) is 6.02. The first-order chi connectivity index (χ1) is 13.4. The fourth-order valence-corrected chi connectivity index (χ4v) is 7.13. The van der Waals surface area contributed by atoms with Crippen molar-refractivity contribution in [3.63, 3.8) is 0 Å². The van der Waals surface area contributed by atoms with Crippen LogP contribution in [0, 0.1) is 23.7 Å². The molecule has 5 saturated carbocycles. The number of hydrogen-bond acceptors (Lipinski definition) is 3. The first-order valence-electron chi connectivity index (χ1n) is 10.6. The lowest BCUT2D eigenvalue weighted by atomic mass is 9.53. The van der Waals surface area contributed by atoms with Crippen LogP contribution in [0.4, 0.5) is 10.5 Å². The third kappa shape index (κ3) is 3.79. The molecular weight excluding hydrogens is 374 g/mol. The van der Waals surface area contributed by atoms with Crippen LogP contribution in [0.15, 0.2) is 29.2 Å². The molecule has 6 rings (SSSR count). The van der Waals surface area contributed by atoms with E-state index in [2.05, 4.69) is 15.4 Å². The number of nitrogens with one attached hydrogen (secondary N) is 3. The van der Waals surface area contributed by atoms with Gasteiger partial charge in [-0.2, -0.15) is 0 Å². The minimum atomic E-state index is -3.48. The van der Waals surface area contributed by atoms with Crippen LogP contribution in [0.1, 0.15) is 51.4 Å². The van der Waals surface area contributed by atoms with Crippen molar-refractivity contribution in [1.29, 1.82) is 0 Å². The van der Waals surface area contributed by atoms with Crippen molar-refractivity contribution in [1.82, 2.24) is 10.0 Å². The third-order valence-electron chi connectivity index (χ3n) is 7.10. The van der Waals surface area contributed by atoms with Crippen molar-refractivity contribution < 1.29 is 13.2 Å². The molecule has 0 spiro atoms. The normalized spacial score (nSPS) is 33.6. The quantitative estimate of drug-likeness (QED) is 0.680. The predicted octanol–water partition coefficient (Wildman–Crippen LogP) is 3.47. The van der Waals surface area contributed by atoms with Gasteiger partial charge in [0.15, 0.2) is 0 Å². The molecule has 0 saturated heterocycles. The maximum atomic E-state index is 12.6. The van der Waals surface area contributed by atoms with Crippen molar-refractivity contribution >= 4 is 21.7 Å². The van der Waals surface area contributed by atoms with E-state index < -0.39 is 10.0 Å². The third-order valence-corrected chi connectivity index (χ3v) is 8.54. The molecule has 0 heterocycles. The first-order valence-corrected chi connectivity index (χ1v) is 12.1. The zero-order chi connectivity index (χ0) is 19.4. The van der Waals surface area contributed by atoms with E-state index in [4.69, 9.17) is 0 Å². The molecule has 28 heavy (non-hydrogen) atoms. The number of anilines is 1. The van der Waals surface area contributed by atoms with Gasteiger partial charge in [-0.25, -0.2) is 17.9 Å². The van der Waals surface area contributed by atoms with Gasteiger partial charge >= 0.3 is 6.03 Å². The van der Waals surface area contributed by atoms with Crippen molar-refractivity contribution in [2.75, 3.05) is 11.9 Å². The Hall–Kier alpha value is -1.60. The van der Waals surface area contributed by atoms with Crippen molar-refractivity contribution in [2.24, 2.45) is 23.7 Å². The van der Waals surface area contributed by atoms with Gasteiger partial charge in [-0.15, -0.1) is 0 Å². The van der Waals surface area contributed by atoms with Crippen molar-refractivity contribution in [2.45, 2.75) is 61.8 Å². The lowest BCUT2D eigenvalue weighted by Gasteiger charge is -2.56. The lowest BCUT2D eigenvalue weighted by molar-refractivity contribution is -0.0127. The van der Waals surface area contributed by atoms with Crippen LogP contribution in [0.5, 0.6) is 0 Å². The molecule has 0 aliphatic heterocycles. The predicted molar refractivity (Wildman–Crippen MR) is 107 cm³/mol. The van der Waals surface area contributed by atoms with E-state index in [1.165, 1.54) is 19.3 Å². The number of rotatable bonds is 6. The molecule has 7 heteroatoms. The highest BCUT2D eigenvalue weighted by Gasteiger charge is 2.51. The van der Waals surface area contributed by atoms with Crippen LogP contribution >= 0.6 is 0 Å². The largest absolute Gasteiger partial charge is 0.332 e. The second-order valence-electron chi connectivity index (χ2n) is 9.60. The van der Waals surface area contributed by atoms with E-state index >= 15 is 0 Å². The Kier molecular flexibility index (Phi) is 4.43. The number of urea groups is 1. The second kappa shape index (κ2) is 6.73. The van der Waals surface area contributed by atoms with E-state index in [0.717, 1.165) is 49.9 Å². The van der Waals surface area contributed by atoms with Gasteiger partial charge in [-0.1, -0.05) is 0 Å². The van der Waals surface area contributed by atoms with Gasteiger partial charge in [-0.3, -0.25) is 0 Å². The van der Waals surface area contributed by atoms with Gasteiger partial charge in [0, 0.05) is 17.8 Å². The van der Waals surface area contributed by atoms with Crippen molar-refractivity contribution in [3.8, 4) is 0 Å². The summed E-state index contributed by atoms with van der Waals surface area (Å²) >= 11 is 0. The van der Waals surface area contributed by atoms with Crippen LogP contribution in [0.25, 0.3) is 0 Å². The average molecular weight is 404 g/mol. The minimum Gasteiger partial charge on any atom is -0.332 e. The van der Waals surface area contributed by atoms with E-state index in [1.54, 1.807) is 24.3 Å². The smallest absolute Gasteiger partial charge is 0.319 e. The lowest BCUT2D eigenvalue weighted by Crippen LogP contribution is -2.60. The number of amides is 2. The van der Waals surface area contributed by atoms with Crippen LogP contribution in [-0.2, 0) is 10.0 Å². The van der Waals surface area contributed by atoms with Gasteiger partial charge in [-0.05, 0) is 99.3 Å². The summed E-state index contributed by atoms with van der Waals surface area (Å²) in [6.07, 6.45) is 9.55. The highest BCUT2D eigenvalue weighted by Crippen LogP contribution is 2.55. The molecule has 6 nitrogen and oxygen atoms in total. The van der Waals surface area contributed by atoms with Gasteiger partial charge in [0.25, 0.3) is 0 Å². The van der Waals surface area contributed by atoms with Crippen LogP contribution in [0.3, 0.4) is 0 Å². The zero-order valence-corrected chi connectivity index (χ0v) is 16.9. The molecule has 0 aromatic heterocycles. The molecule has 4 bridgehead atoms. The van der Waals surface area contributed by atoms with Crippen LogP contribution in [0.2, 0.25) is 0 Å². The number of carbonyl (C=O) groups excluding carboxylic acids is 1. The first kappa shape index (κ1) is 18.4. The van der Waals surface area contributed by atoms with Crippen LogP contribution in [-0.4, -0.2) is 26.5 Å². The molecule has 5 fully saturated rings. The highest BCUT2D eigenvalue weighted by atomic mass is 32.2. The summed E-state index contributed by atoms with van der Waals surface area (Å²) < 4.78 is 27.3. The maximum Gasteiger partial charge on any atom is 0.319 e. The maximum absolute atomic E-state index is 12.6. The van der Waals surface area contributed by atoms with Gasteiger partial charge in [0.1, 0.15) is 0 Å². The van der Waals surface area contributed by atoms with E-state index in [9.17, 15) is 13.2 Å². The number of sulfonamides is 1. The summed E-state index contributed by atoms with van der Waals surface area (Å²) in [7, 11) is -3.48. The molecule has 1 aromatic carbocycles. The Morgan fingerprint density at radius 2 is 1.54 bits per heavy atom. The summed E-state index contributed by atoms with van der Waals surface area (Å²) in [5.41, 5.74) is 0.581. The fraction of sp³-hybridized carbons (Fsp3) is 0.667. The highest BCUT2D eigenvalue weighted by molar-refractivity contribution is 7.89. The van der Waals surface area contributed by atoms with Crippen molar-refractivity contribution in [3.05, 3.63) is 24.3 Å². The monoisotopic (exact) mass is 403 g/mol. The molecular formula is C21H29N3O3S. The molecule has 0 radical (unpaired) electrons. The van der Waals surface area contributed by atoms with E-state index in [1.807, 2.05) is 0 Å². The van der Waals surface area contributed by atoms with Gasteiger partial charge < -0.3 is 10.6 Å². The summed E-state index contributed by atoms with van der Waals surface area (Å²) in [4.78, 5) is 12.8. The molecule has 2 amide bonds. The Morgan fingerprint density at radius 3 is 2.07 bits per heavy atom. The molecule has 152 valence electrons. The molecule has 3 N–H and O–H groups in total. The summed E-state index contributed by atoms with van der Waals surface area (Å²) in [6, 6.07) is 6.24. The van der Waals surface area contributed by atoms with Crippen LogP contribution < -0.4 is 15.4 Å².